The van der Waals surface area contributed by atoms with Crippen LogP contribution in [0.5, 0.6) is 0 Å². The molecule has 23 heavy (non-hydrogen) atoms. The number of hydrogen-bond donors (Lipinski definition) is 0. The smallest absolute Gasteiger partial charge is 0.374 e. The predicted molar refractivity (Wildman–Crippen MR) is 82.8 cm³/mol. The van der Waals surface area contributed by atoms with E-state index in [1.54, 1.807) is 31.3 Å². The predicted octanol–water partition coefficient (Wildman–Crippen LogP) is 0.778. The molecule has 0 N–H and O–H groups in total. The van der Waals surface area contributed by atoms with Gasteiger partial charge in [-0.25, -0.2) is 18.2 Å². The number of methoxy groups -OCH3 is 1. The van der Waals surface area contributed by atoms with Crippen molar-refractivity contribution in [1.29, 1.82) is 0 Å². The monoisotopic (exact) mass is 341 g/mol. The Morgan fingerprint density at radius 3 is 2.78 bits per heavy atom. The molecule has 0 atom stereocenters. The van der Waals surface area contributed by atoms with Crippen LogP contribution in [0, 0.1) is 0 Å². The maximum absolute atomic E-state index is 12.7. The zero-order chi connectivity index (χ0) is 17.0. The Morgan fingerprint density at radius 1 is 1.39 bits per heavy atom. The number of carbonyl (C=O) groups excluding carboxylic acids is 1. The van der Waals surface area contributed by atoms with Crippen LogP contribution < -0.4 is 0 Å². The highest BCUT2D eigenvalue weighted by molar-refractivity contribution is 7.89. The lowest BCUT2D eigenvalue weighted by molar-refractivity contribution is 0.0510. The highest BCUT2D eigenvalue weighted by Crippen LogP contribution is 2.21. The van der Waals surface area contributed by atoms with Crippen molar-refractivity contribution in [3.8, 4) is 0 Å². The molecule has 126 valence electrons. The van der Waals surface area contributed by atoms with Gasteiger partial charge in [-0.3, -0.25) is 4.40 Å². The number of hydrogen-bond acceptors (Lipinski definition) is 6. The van der Waals surface area contributed by atoms with E-state index in [1.807, 2.05) is 0 Å². The number of imidazole rings is 1. The average molecular weight is 341 g/mol. The van der Waals surface area contributed by atoms with Crippen LogP contribution in [-0.2, 0) is 19.5 Å². The Kier molecular flexibility index (Phi) is 5.34. The van der Waals surface area contributed by atoms with Crippen LogP contribution in [0.3, 0.4) is 0 Å². The molecular formula is C14H19N3O5S. The van der Waals surface area contributed by atoms with Crippen LogP contribution in [0.15, 0.2) is 29.4 Å². The molecule has 0 aliphatic rings. The third-order valence-corrected chi connectivity index (χ3v) is 5.03. The molecule has 2 rings (SSSR count). The van der Waals surface area contributed by atoms with Crippen LogP contribution in [0.1, 0.15) is 17.5 Å². The topological polar surface area (TPSA) is 90.2 Å². The molecule has 0 saturated heterocycles. The van der Waals surface area contributed by atoms with E-state index in [-0.39, 0.29) is 30.6 Å². The van der Waals surface area contributed by atoms with Gasteiger partial charge >= 0.3 is 5.97 Å². The van der Waals surface area contributed by atoms with Gasteiger partial charge in [0.05, 0.1) is 18.7 Å². The summed E-state index contributed by atoms with van der Waals surface area (Å²) in [6.07, 6.45) is 1.57. The molecule has 0 bridgehead atoms. The van der Waals surface area contributed by atoms with Gasteiger partial charge < -0.3 is 9.47 Å². The normalized spacial score (nSPS) is 12.0. The molecular weight excluding hydrogens is 322 g/mol. The molecule has 2 aromatic heterocycles. The first-order valence-electron chi connectivity index (χ1n) is 7.03. The lowest BCUT2D eigenvalue weighted by Gasteiger charge is -2.15. The van der Waals surface area contributed by atoms with Gasteiger partial charge in [-0.2, -0.15) is 4.31 Å². The summed E-state index contributed by atoms with van der Waals surface area (Å²) in [7, 11) is -0.923. The van der Waals surface area contributed by atoms with Crippen LogP contribution in [-0.4, -0.2) is 62.0 Å². The van der Waals surface area contributed by atoms with Gasteiger partial charge in [0.1, 0.15) is 0 Å². The van der Waals surface area contributed by atoms with Crippen molar-refractivity contribution in [3.63, 3.8) is 0 Å². The second-order valence-corrected chi connectivity index (χ2v) is 6.70. The quantitative estimate of drug-likeness (QED) is 0.691. The van der Waals surface area contributed by atoms with Crippen molar-refractivity contribution in [2.24, 2.45) is 0 Å². The van der Waals surface area contributed by atoms with Crippen molar-refractivity contribution < 1.29 is 22.7 Å². The van der Waals surface area contributed by atoms with E-state index in [9.17, 15) is 13.2 Å². The molecule has 9 heteroatoms. The largest absolute Gasteiger partial charge is 0.460 e. The van der Waals surface area contributed by atoms with Crippen LogP contribution in [0.4, 0.5) is 0 Å². The lowest BCUT2D eigenvalue weighted by atomic mass is 10.4. The van der Waals surface area contributed by atoms with E-state index in [0.717, 1.165) is 4.31 Å². The summed E-state index contributed by atoms with van der Waals surface area (Å²) in [5, 5.41) is -0.181. The fourth-order valence-corrected chi connectivity index (χ4v) is 3.27. The number of rotatable bonds is 7. The van der Waals surface area contributed by atoms with Crippen molar-refractivity contribution >= 4 is 21.5 Å². The van der Waals surface area contributed by atoms with Crippen molar-refractivity contribution in [2.75, 3.05) is 33.9 Å². The van der Waals surface area contributed by atoms with Crippen molar-refractivity contribution in [1.82, 2.24) is 13.7 Å². The summed E-state index contributed by atoms with van der Waals surface area (Å²) in [6, 6.07) is 4.95. The van der Waals surface area contributed by atoms with Gasteiger partial charge in [-0.05, 0) is 19.1 Å². The number of pyridine rings is 1. The van der Waals surface area contributed by atoms with Gasteiger partial charge in [0.15, 0.2) is 5.03 Å². The second kappa shape index (κ2) is 7.07. The van der Waals surface area contributed by atoms with E-state index >= 15 is 0 Å². The maximum Gasteiger partial charge on any atom is 0.374 e. The van der Waals surface area contributed by atoms with Gasteiger partial charge in [0.2, 0.25) is 5.82 Å². The minimum Gasteiger partial charge on any atom is -0.460 e. The molecule has 0 radical (unpaired) electrons. The standard InChI is InChI=1S/C14H19N3O5S/c1-4-22-14(18)12-15-13(11-7-5-6-8-17(11)12)23(19,20)16(2)9-10-21-3/h5-8H,4,9-10H2,1-3H3. The molecule has 0 saturated carbocycles. The minimum absolute atomic E-state index is 0.0684. The Hall–Kier alpha value is -1.97. The first-order valence-corrected chi connectivity index (χ1v) is 8.47. The average Bonchev–Trinajstić information content (AvgIpc) is 2.93. The fraction of sp³-hybridized carbons (Fsp3) is 0.429. The number of nitrogens with zero attached hydrogens (tertiary/aromatic N) is 3. The van der Waals surface area contributed by atoms with E-state index in [0.29, 0.717) is 5.52 Å². The summed E-state index contributed by atoms with van der Waals surface area (Å²) in [6.45, 7) is 2.28. The summed E-state index contributed by atoms with van der Waals surface area (Å²) in [5.41, 5.74) is 0.319. The molecule has 2 heterocycles. The summed E-state index contributed by atoms with van der Waals surface area (Å²) in [4.78, 5) is 16.0. The van der Waals surface area contributed by atoms with Crippen molar-refractivity contribution in [2.45, 2.75) is 11.9 Å². The molecule has 0 fully saturated rings. The fourth-order valence-electron chi connectivity index (χ4n) is 2.03. The Morgan fingerprint density at radius 2 is 2.13 bits per heavy atom. The van der Waals surface area contributed by atoms with Crippen LogP contribution in [0.25, 0.3) is 5.52 Å². The van der Waals surface area contributed by atoms with Gasteiger partial charge in [-0.1, -0.05) is 6.07 Å². The molecule has 0 aliphatic carbocycles. The lowest BCUT2D eigenvalue weighted by Crippen LogP contribution is -2.30. The molecule has 0 amide bonds. The Labute approximate surface area is 134 Å². The molecule has 0 spiro atoms. The van der Waals surface area contributed by atoms with Crippen LogP contribution in [0.2, 0.25) is 0 Å². The molecule has 2 aromatic rings. The zero-order valence-electron chi connectivity index (χ0n) is 13.2. The number of likely N-dealkylation sites (N-methyl/N-ethyl adjacent to an activating group) is 1. The summed E-state index contributed by atoms with van der Waals surface area (Å²) < 4.78 is 37.8. The number of sulfonamides is 1. The SMILES string of the molecule is CCOC(=O)c1nc(S(=O)(=O)N(C)CCOC)c2ccccn12. The highest BCUT2D eigenvalue weighted by atomic mass is 32.2. The molecule has 0 aliphatic heterocycles. The molecule has 0 aromatic carbocycles. The highest BCUT2D eigenvalue weighted by Gasteiger charge is 2.29. The number of fused-ring (bicyclic) bond motifs is 1. The number of carbonyl (C=O) groups is 1. The Balaban J connectivity index is 2.55. The summed E-state index contributed by atoms with van der Waals surface area (Å²) in [5.74, 6) is -0.740. The summed E-state index contributed by atoms with van der Waals surface area (Å²) >= 11 is 0. The van der Waals surface area contributed by atoms with Gasteiger partial charge in [-0.15, -0.1) is 0 Å². The number of esters is 1. The molecule has 0 unspecified atom stereocenters. The van der Waals surface area contributed by atoms with E-state index < -0.39 is 16.0 Å². The van der Waals surface area contributed by atoms with Gasteiger partial charge in [0.25, 0.3) is 10.0 Å². The van der Waals surface area contributed by atoms with Crippen molar-refractivity contribution in [3.05, 3.63) is 30.2 Å². The third-order valence-electron chi connectivity index (χ3n) is 3.24. The van der Waals surface area contributed by atoms with E-state index in [1.165, 1.54) is 18.6 Å². The first-order chi connectivity index (χ1) is 10.9. The third kappa shape index (κ3) is 3.36. The maximum atomic E-state index is 12.7. The first kappa shape index (κ1) is 17.4. The minimum atomic E-state index is -3.85. The zero-order valence-corrected chi connectivity index (χ0v) is 14.0. The van der Waals surface area contributed by atoms with E-state index in [4.69, 9.17) is 9.47 Å². The Bertz CT molecular complexity index is 800. The number of ether oxygens (including phenoxy) is 2. The van der Waals surface area contributed by atoms with E-state index in [2.05, 4.69) is 4.98 Å². The van der Waals surface area contributed by atoms with Crippen LogP contribution >= 0.6 is 0 Å². The molecule has 8 nitrogen and oxygen atoms in total. The number of aromatic nitrogens is 2. The second-order valence-electron chi connectivity index (χ2n) is 4.74. The van der Waals surface area contributed by atoms with Gasteiger partial charge in [0, 0.05) is 26.9 Å².